The molecule has 0 unspecified atom stereocenters. The molecule has 9 heteroatoms. The molecule has 0 fully saturated rings. The van der Waals surface area contributed by atoms with Crippen LogP contribution in [0.4, 0.5) is 0 Å². The summed E-state index contributed by atoms with van der Waals surface area (Å²) in [4.78, 5) is 16.2. The molecular formula is C19H17ClN4O3S. The molecule has 0 saturated carbocycles. The number of aryl methyl sites for hydroxylation is 1. The minimum Gasteiger partial charge on any atom is -0.272 e. The number of hydrazone groups is 1. The van der Waals surface area contributed by atoms with E-state index in [2.05, 4.69) is 20.2 Å². The minimum absolute atomic E-state index is 0.0865. The van der Waals surface area contributed by atoms with E-state index in [0.29, 0.717) is 5.56 Å². The van der Waals surface area contributed by atoms with Crippen LogP contribution in [0.15, 0.2) is 64.6 Å². The van der Waals surface area contributed by atoms with Crippen molar-refractivity contribution < 1.29 is 13.2 Å². The highest BCUT2D eigenvalue weighted by atomic mass is 35.5. The number of hydrogen-bond acceptors (Lipinski definition) is 5. The molecule has 1 heterocycles. The number of carbonyl (C=O) groups excluding carboxylic acids is 1. The Bertz CT molecular complexity index is 1150. The zero-order valence-corrected chi connectivity index (χ0v) is 16.5. The summed E-state index contributed by atoms with van der Waals surface area (Å²) in [5.41, 5.74) is 4.47. The molecule has 0 aliphatic carbocycles. The number of amides is 1. The number of sulfonamides is 1. The SMILES string of the molecule is Cc1ccc(S(=O)(=O)NCC(=O)N/N=C/c2cc3ccccc3nc2Cl)cc1. The predicted molar refractivity (Wildman–Crippen MR) is 109 cm³/mol. The third kappa shape index (κ3) is 4.92. The second-order valence-electron chi connectivity index (χ2n) is 5.99. The lowest BCUT2D eigenvalue weighted by Crippen LogP contribution is -2.34. The first kappa shape index (κ1) is 19.9. The molecule has 0 spiro atoms. The Balaban J connectivity index is 1.60. The summed E-state index contributed by atoms with van der Waals surface area (Å²) in [6.07, 6.45) is 1.36. The van der Waals surface area contributed by atoms with E-state index in [9.17, 15) is 13.2 Å². The average molecular weight is 417 g/mol. The van der Waals surface area contributed by atoms with Crippen molar-refractivity contribution in [2.45, 2.75) is 11.8 Å². The maximum Gasteiger partial charge on any atom is 0.255 e. The lowest BCUT2D eigenvalue weighted by molar-refractivity contribution is -0.119. The fourth-order valence-corrected chi connectivity index (χ4v) is 3.55. The van der Waals surface area contributed by atoms with E-state index in [-0.39, 0.29) is 10.0 Å². The van der Waals surface area contributed by atoms with Crippen LogP contribution in [0.25, 0.3) is 10.9 Å². The topological polar surface area (TPSA) is 101 Å². The van der Waals surface area contributed by atoms with E-state index >= 15 is 0 Å². The number of nitrogens with one attached hydrogen (secondary N) is 2. The van der Waals surface area contributed by atoms with Crippen LogP contribution in [0, 0.1) is 6.92 Å². The summed E-state index contributed by atoms with van der Waals surface area (Å²) in [5, 5.41) is 4.94. The maximum absolute atomic E-state index is 12.2. The van der Waals surface area contributed by atoms with Crippen LogP contribution in [0.2, 0.25) is 5.15 Å². The van der Waals surface area contributed by atoms with Gasteiger partial charge in [-0.25, -0.2) is 23.5 Å². The summed E-state index contributed by atoms with van der Waals surface area (Å²) < 4.78 is 26.5. The van der Waals surface area contributed by atoms with Crippen molar-refractivity contribution in [1.29, 1.82) is 0 Å². The van der Waals surface area contributed by atoms with Crippen LogP contribution in [-0.4, -0.2) is 32.1 Å². The Hall–Kier alpha value is -2.81. The molecule has 0 aliphatic heterocycles. The van der Waals surface area contributed by atoms with Gasteiger partial charge in [0, 0.05) is 10.9 Å². The molecule has 1 amide bonds. The summed E-state index contributed by atoms with van der Waals surface area (Å²) in [6.45, 7) is 1.41. The molecule has 3 rings (SSSR count). The Labute approximate surface area is 167 Å². The quantitative estimate of drug-likeness (QED) is 0.366. The van der Waals surface area contributed by atoms with Crippen molar-refractivity contribution in [3.63, 3.8) is 0 Å². The molecule has 0 saturated heterocycles. The van der Waals surface area contributed by atoms with Crippen molar-refractivity contribution in [3.05, 3.63) is 70.9 Å². The molecule has 28 heavy (non-hydrogen) atoms. The number of fused-ring (bicyclic) bond motifs is 1. The van der Waals surface area contributed by atoms with Gasteiger partial charge < -0.3 is 0 Å². The Morgan fingerprint density at radius 1 is 1.18 bits per heavy atom. The zero-order chi connectivity index (χ0) is 20.1. The first-order valence-electron chi connectivity index (χ1n) is 8.29. The van der Waals surface area contributed by atoms with Crippen molar-refractivity contribution in [3.8, 4) is 0 Å². The molecular weight excluding hydrogens is 400 g/mol. The van der Waals surface area contributed by atoms with E-state index in [1.165, 1.54) is 18.3 Å². The van der Waals surface area contributed by atoms with E-state index in [1.54, 1.807) is 18.2 Å². The zero-order valence-electron chi connectivity index (χ0n) is 14.9. The van der Waals surface area contributed by atoms with E-state index in [4.69, 9.17) is 11.6 Å². The van der Waals surface area contributed by atoms with Crippen LogP contribution in [0.5, 0.6) is 0 Å². The fraction of sp³-hybridized carbons (Fsp3) is 0.105. The number of aromatic nitrogens is 1. The molecule has 1 aromatic heterocycles. The third-order valence-electron chi connectivity index (χ3n) is 3.85. The molecule has 0 aliphatic rings. The molecule has 0 atom stereocenters. The number of pyridine rings is 1. The van der Waals surface area contributed by atoms with Crippen LogP contribution in [0.3, 0.4) is 0 Å². The third-order valence-corrected chi connectivity index (χ3v) is 5.57. The van der Waals surface area contributed by atoms with Crippen molar-refractivity contribution in [2.24, 2.45) is 5.10 Å². The number of carbonyl (C=O) groups is 1. The predicted octanol–water partition coefficient (Wildman–Crippen LogP) is 2.63. The number of benzene rings is 2. The molecule has 2 aromatic carbocycles. The molecule has 3 aromatic rings. The minimum atomic E-state index is -3.77. The maximum atomic E-state index is 12.2. The Morgan fingerprint density at radius 3 is 2.64 bits per heavy atom. The molecule has 144 valence electrons. The van der Waals surface area contributed by atoms with Gasteiger partial charge in [0.25, 0.3) is 5.91 Å². The highest BCUT2D eigenvalue weighted by Crippen LogP contribution is 2.18. The first-order chi connectivity index (χ1) is 13.3. The van der Waals surface area contributed by atoms with Gasteiger partial charge in [-0.3, -0.25) is 4.79 Å². The number of halogens is 1. The van der Waals surface area contributed by atoms with Crippen LogP contribution in [-0.2, 0) is 14.8 Å². The van der Waals surface area contributed by atoms with Gasteiger partial charge in [-0.2, -0.15) is 5.10 Å². The monoisotopic (exact) mass is 416 g/mol. The van der Waals surface area contributed by atoms with Gasteiger partial charge in [-0.1, -0.05) is 47.5 Å². The second kappa shape index (κ2) is 8.47. The standard InChI is InChI=1S/C19H17ClN4O3S/c1-13-6-8-16(9-7-13)28(26,27)22-12-18(25)24-21-11-15-10-14-4-2-3-5-17(14)23-19(15)20/h2-11,22H,12H2,1H3,(H,24,25)/b21-11+. The highest BCUT2D eigenvalue weighted by Gasteiger charge is 2.14. The number of hydrogen-bond donors (Lipinski definition) is 2. The number of rotatable bonds is 6. The van der Waals surface area contributed by atoms with Crippen molar-refractivity contribution in [1.82, 2.24) is 15.1 Å². The smallest absolute Gasteiger partial charge is 0.255 e. The van der Waals surface area contributed by atoms with Crippen molar-refractivity contribution >= 4 is 44.6 Å². The molecule has 7 nitrogen and oxygen atoms in total. The average Bonchev–Trinajstić information content (AvgIpc) is 2.67. The van der Waals surface area contributed by atoms with Gasteiger partial charge in [0.15, 0.2) is 0 Å². The van der Waals surface area contributed by atoms with Crippen molar-refractivity contribution in [2.75, 3.05) is 6.54 Å². The number of para-hydroxylation sites is 1. The van der Waals surface area contributed by atoms with E-state index < -0.39 is 22.5 Å². The van der Waals surface area contributed by atoms with Crippen LogP contribution < -0.4 is 10.1 Å². The van der Waals surface area contributed by atoms with Gasteiger partial charge in [-0.05, 0) is 31.2 Å². The van der Waals surface area contributed by atoms with Gasteiger partial charge in [0.2, 0.25) is 10.0 Å². The lowest BCUT2D eigenvalue weighted by atomic mass is 10.2. The normalized spacial score (nSPS) is 11.8. The number of nitrogens with zero attached hydrogens (tertiary/aromatic N) is 2. The summed E-state index contributed by atoms with van der Waals surface area (Å²) in [6, 6.07) is 15.6. The van der Waals surface area contributed by atoms with Gasteiger partial charge >= 0.3 is 0 Å². The van der Waals surface area contributed by atoms with Gasteiger partial charge in [0.1, 0.15) is 5.15 Å². The highest BCUT2D eigenvalue weighted by molar-refractivity contribution is 7.89. The van der Waals surface area contributed by atoms with E-state index in [1.807, 2.05) is 31.2 Å². The van der Waals surface area contributed by atoms with E-state index in [0.717, 1.165) is 16.5 Å². The molecule has 2 N–H and O–H groups in total. The summed E-state index contributed by atoms with van der Waals surface area (Å²) in [7, 11) is -3.77. The van der Waals surface area contributed by atoms with Crippen LogP contribution >= 0.6 is 11.6 Å². The van der Waals surface area contributed by atoms with Crippen LogP contribution in [0.1, 0.15) is 11.1 Å². The molecule has 0 bridgehead atoms. The summed E-state index contributed by atoms with van der Waals surface area (Å²) >= 11 is 6.11. The lowest BCUT2D eigenvalue weighted by Gasteiger charge is -2.06. The first-order valence-corrected chi connectivity index (χ1v) is 10.1. The summed E-state index contributed by atoms with van der Waals surface area (Å²) in [5.74, 6) is -0.614. The Kier molecular flexibility index (Phi) is 6.03. The van der Waals surface area contributed by atoms with Gasteiger partial charge in [-0.15, -0.1) is 0 Å². The second-order valence-corrected chi connectivity index (χ2v) is 8.12. The largest absolute Gasteiger partial charge is 0.272 e. The fourth-order valence-electron chi connectivity index (χ4n) is 2.37. The molecule has 0 radical (unpaired) electrons. The Morgan fingerprint density at radius 2 is 1.89 bits per heavy atom. The van der Waals surface area contributed by atoms with Gasteiger partial charge in [0.05, 0.1) is 23.2 Å².